The van der Waals surface area contributed by atoms with Gasteiger partial charge in [-0.05, 0) is 43.5 Å². The molecule has 3 aliphatic rings. The molecule has 0 radical (unpaired) electrons. The highest BCUT2D eigenvalue weighted by Crippen LogP contribution is 2.60. The number of nitrogens with one attached hydrogen (secondary N) is 2. The van der Waals surface area contributed by atoms with Gasteiger partial charge in [0.15, 0.2) is 6.61 Å². The number of halogens is 4. The minimum Gasteiger partial charge on any atom is -0.484 e. The summed E-state index contributed by atoms with van der Waals surface area (Å²) in [5.74, 6) is -0.203. The molecule has 0 atom stereocenters. The van der Waals surface area contributed by atoms with Crippen LogP contribution < -0.4 is 15.4 Å². The maximum Gasteiger partial charge on any atom is 0.280 e. The summed E-state index contributed by atoms with van der Waals surface area (Å²) in [5, 5.41) is 6.59. The van der Waals surface area contributed by atoms with Crippen LogP contribution in [0.15, 0.2) is 36.5 Å². The van der Waals surface area contributed by atoms with Crippen LogP contribution in [0, 0.1) is 0 Å². The lowest BCUT2D eigenvalue weighted by Gasteiger charge is -2.70. The van der Waals surface area contributed by atoms with E-state index in [2.05, 4.69) is 15.6 Å². The average Bonchev–Trinajstić information content (AvgIpc) is 2.66. The number of hydrogen-bond acceptors (Lipinski definition) is 4. The highest BCUT2D eigenvalue weighted by molar-refractivity contribution is 6.42. The number of hydrogen-bond donors (Lipinski definition) is 2. The van der Waals surface area contributed by atoms with E-state index in [1.807, 2.05) is 0 Å². The van der Waals surface area contributed by atoms with Crippen molar-refractivity contribution in [2.24, 2.45) is 0 Å². The Balaban J connectivity index is 1.23. The minimum atomic E-state index is -2.68. The van der Waals surface area contributed by atoms with E-state index < -0.39 is 6.43 Å². The quantitative estimate of drug-likeness (QED) is 0.662. The van der Waals surface area contributed by atoms with Crippen LogP contribution in [0.5, 0.6) is 5.75 Å². The van der Waals surface area contributed by atoms with Gasteiger partial charge in [-0.2, -0.15) is 0 Å². The van der Waals surface area contributed by atoms with Gasteiger partial charge in [0.05, 0.1) is 15.6 Å². The Morgan fingerprint density at radius 2 is 1.77 bits per heavy atom. The number of carbonyl (C=O) groups is 2. The van der Waals surface area contributed by atoms with E-state index in [9.17, 15) is 18.4 Å². The van der Waals surface area contributed by atoms with E-state index in [0.717, 1.165) is 12.3 Å². The summed E-state index contributed by atoms with van der Waals surface area (Å²) in [4.78, 5) is 28.1. The van der Waals surface area contributed by atoms with E-state index in [1.165, 1.54) is 12.1 Å². The molecule has 2 aromatic rings. The fourth-order valence-corrected chi connectivity index (χ4v) is 4.37. The van der Waals surface area contributed by atoms with Crippen molar-refractivity contribution >= 4 is 35.0 Å². The molecular formula is C20H17Cl2F2N3O3. The first-order valence-corrected chi connectivity index (χ1v) is 9.90. The Morgan fingerprint density at radius 3 is 2.37 bits per heavy atom. The highest BCUT2D eigenvalue weighted by Gasteiger charge is 2.69. The molecule has 30 heavy (non-hydrogen) atoms. The van der Waals surface area contributed by atoms with Gasteiger partial charge in [0.2, 0.25) is 0 Å². The summed E-state index contributed by atoms with van der Waals surface area (Å²) in [6, 6.07) is 7.20. The van der Waals surface area contributed by atoms with E-state index in [0.29, 0.717) is 35.1 Å². The zero-order chi connectivity index (χ0) is 21.5. The maximum atomic E-state index is 12.6. The second kappa shape index (κ2) is 7.67. The number of benzene rings is 1. The van der Waals surface area contributed by atoms with Crippen LogP contribution in [0.2, 0.25) is 10.0 Å². The first-order valence-electron chi connectivity index (χ1n) is 9.15. The highest BCUT2D eigenvalue weighted by atomic mass is 35.5. The Kier molecular flexibility index (Phi) is 5.32. The number of alkyl halides is 2. The van der Waals surface area contributed by atoms with Crippen LogP contribution in [0.25, 0.3) is 0 Å². The smallest absolute Gasteiger partial charge is 0.280 e. The monoisotopic (exact) mass is 455 g/mol. The number of rotatable bonds is 7. The van der Waals surface area contributed by atoms with E-state index in [1.54, 1.807) is 12.1 Å². The van der Waals surface area contributed by atoms with E-state index in [4.69, 9.17) is 27.9 Å². The van der Waals surface area contributed by atoms with Gasteiger partial charge in [-0.1, -0.05) is 23.2 Å². The summed E-state index contributed by atoms with van der Waals surface area (Å²) >= 11 is 11.8. The molecule has 3 aliphatic carbocycles. The second-order valence-corrected chi connectivity index (χ2v) is 8.54. The zero-order valence-corrected chi connectivity index (χ0v) is 17.1. The normalized spacial score (nSPS) is 23.9. The predicted octanol–water partition coefficient (Wildman–Crippen LogP) is 3.93. The van der Waals surface area contributed by atoms with Crippen molar-refractivity contribution in [3.8, 4) is 5.75 Å². The fraction of sp³-hybridized carbons (Fsp3) is 0.350. The third kappa shape index (κ3) is 4.06. The van der Waals surface area contributed by atoms with Crippen LogP contribution in [-0.4, -0.2) is 34.5 Å². The molecule has 158 valence electrons. The number of amides is 2. The van der Waals surface area contributed by atoms with Crippen LogP contribution in [-0.2, 0) is 4.79 Å². The molecule has 0 unspecified atom stereocenters. The fourth-order valence-electron chi connectivity index (χ4n) is 4.08. The molecule has 1 heterocycles. The van der Waals surface area contributed by atoms with Crippen molar-refractivity contribution in [3.63, 3.8) is 0 Å². The molecule has 2 bridgehead atoms. The van der Waals surface area contributed by atoms with Crippen molar-refractivity contribution in [1.29, 1.82) is 0 Å². The number of carbonyl (C=O) groups excluding carboxylic acids is 2. The van der Waals surface area contributed by atoms with Crippen molar-refractivity contribution in [2.75, 3.05) is 6.61 Å². The molecule has 2 N–H and O–H groups in total. The van der Waals surface area contributed by atoms with E-state index in [-0.39, 0.29) is 40.8 Å². The third-order valence-electron chi connectivity index (χ3n) is 5.35. The number of ether oxygens (including phenoxy) is 1. The summed E-state index contributed by atoms with van der Waals surface area (Å²) in [7, 11) is 0. The Bertz CT molecular complexity index is 982. The van der Waals surface area contributed by atoms with Gasteiger partial charge in [-0.15, -0.1) is 0 Å². The molecule has 0 spiro atoms. The zero-order valence-electron chi connectivity index (χ0n) is 15.6. The molecule has 3 saturated carbocycles. The summed E-state index contributed by atoms with van der Waals surface area (Å²) in [6.07, 6.45) is 0.274. The van der Waals surface area contributed by atoms with Crippen molar-refractivity contribution in [3.05, 3.63) is 57.8 Å². The topological polar surface area (TPSA) is 80.3 Å². The number of nitrogens with zero attached hydrogens (tertiary/aromatic N) is 1. The van der Waals surface area contributed by atoms with Gasteiger partial charge in [0.1, 0.15) is 11.4 Å². The molecular weight excluding hydrogens is 439 g/mol. The molecule has 1 aromatic carbocycles. The van der Waals surface area contributed by atoms with Gasteiger partial charge in [-0.3, -0.25) is 14.6 Å². The molecule has 6 nitrogen and oxygen atoms in total. The maximum absolute atomic E-state index is 12.6. The first kappa shape index (κ1) is 20.8. The Morgan fingerprint density at radius 1 is 1.07 bits per heavy atom. The standard InChI is InChI=1S/C20H17Cl2F2N3O3/c21-13-3-2-12(5-14(13)22)30-7-16(28)26-19-8-20(9-19,10-19)27-18(29)11-1-4-15(17(23)24)25-6-11/h1-6,17H,7-10H2,(H,26,28)(H,27,29). The lowest BCUT2D eigenvalue weighted by atomic mass is 9.44. The van der Waals surface area contributed by atoms with Crippen molar-refractivity contribution in [2.45, 2.75) is 36.8 Å². The predicted molar refractivity (Wildman–Crippen MR) is 106 cm³/mol. The van der Waals surface area contributed by atoms with Gasteiger partial charge in [0, 0.05) is 23.3 Å². The second-order valence-electron chi connectivity index (χ2n) is 7.73. The van der Waals surface area contributed by atoms with Crippen molar-refractivity contribution in [1.82, 2.24) is 15.6 Å². The molecule has 3 fully saturated rings. The van der Waals surface area contributed by atoms with Gasteiger partial charge in [0.25, 0.3) is 18.2 Å². The largest absolute Gasteiger partial charge is 0.484 e. The number of pyridine rings is 1. The lowest BCUT2D eigenvalue weighted by Crippen LogP contribution is -2.84. The van der Waals surface area contributed by atoms with Gasteiger partial charge >= 0.3 is 0 Å². The molecule has 1 aromatic heterocycles. The minimum absolute atomic E-state index is 0.165. The van der Waals surface area contributed by atoms with Crippen LogP contribution in [0.3, 0.4) is 0 Å². The molecule has 5 rings (SSSR count). The SMILES string of the molecule is O=C(COc1ccc(Cl)c(Cl)c1)NC12CC(NC(=O)c3ccc(C(F)F)nc3)(C1)C2. The number of aromatic nitrogens is 1. The van der Waals surface area contributed by atoms with Gasteiger partial charge < -0.3 is 15.4 Å². The summed E-state index contributed by atoms with van der Waals surface area (Å²) < 4.78 is 30.5. The lowest BCUT2D eigenvalue weighted by molar-refractivity contribution is -0.141. The Hall–Kier alpha value is -2.45. The van der Waals surface area contributed by atoms with Crippen LogP contribution >= 0.6 is 23.2 Å². The average molecular weight is 456 g/mol. The molecule has 2 amide bonds. The van der Waals surface area contributed by atoms with Crippen LogP contribution in [0.1, 0.15) is 41.7 Å². The summed E-state index contributed by atoms with van der Waals surface area (Å²) in [6.45, 7) is -0.165. The summed E-state index contributed by atoms with van der Waals surface area (Å²) in [5.41, 5.74) is -0.876. The third-order valence-corrected chi connectivity index (χ3v) is 6.09. The van der Waals surface area contributed by atoms with Gasteiger partial charge in [-0.25, -0.2) is 8.78 Å². The molecule has 0 saturated heterocycles. The van der Waals surface area contributed by atoms with Crippen molar-refractivity contribution < 1.29 is 23.1 Å². The van der Waals surface area contributed by atoms with Crippen LogP contribution in [0.4, 0.5) is 8.78 Å². The Labute approximate surface area is 180 Å². The first-order chi connectivity index (χ1) is 14.2. The molecule has 10 heteroatoms. The molecule has 0 aliphatic heterocycles. The van der Waals surface area contributed by atoms with E-state index >= 15 is 0 Å².